The molecule has 0 bridgehead atoms. The highest BCUT2D eigenvalue weighted by molar-refractivity contribution is 5.93. The molecular weight excluding hydrogens is 240 g/mol. The molecule has 2 N–H and O–H groups in total. The SMILES string of the molecule is COCCCC(=O)N(CCCN)c1cccc(C)c1. The maximum Gasteiger partial charge on any atom is 0.227 e. The van der Waals surface area contributed by atoms with E-state index in [-0.39, 0.29) is 5.91 Å². The third kappa shape index (κ3) is 5.41. The summed E-state index contributed by atoms with van der Waals surface area (Å²) in [5, 5.41) is 0. The summed E-state index contributed by atoms with van der Waals surface area (Å²) in [6, 6.07) is 8.00. The van der Waals surface area contributed by atoms with Crippen LogP contribution in [0.5, 0.6) is 0 Å². The molecule has 0 heterocycles. The zero-order chi connectivity index (χ0) is 14.1. The predicted molar refractivity (Wildman–Crippen MR) is 78.3 cm³/mol. The molecule has 0 spiro atoms. The molecule has 19 heavy (non-hydrogen) atoms. The maximum absolute atomic E-state index is 12.3. The lowest BCUT2D eigenvalue weighted by molar-refractivity contribution is -0.118. The average molecular weight is 264 g/mol. The van der Waals surface area contributed by atoms with Gasteiger partial charge in [0.05, 0.1) is 0 Å². The van der Waals surface area contributed by atoms with Gasteiger partial charge in [0.2, 0.25) is 5.91 Å². The molecule has 1 rings (SSSR count). The number of carbonyl (C=O) groups is 1. The number of anilines is 1. The third-order valence-corrected chi connectivity index (χ3v) is 2.94. The largest absolute Gasteiger partial charge is 0.385 e. The molecule has 0 aliphatic rings. The van der Waals surface area contributed by atoms with E-state index < -0.39 is 0 Å². The quantitative estimate of drug-likeness (QED) is 0.732. The van der Waals surface area contributed by atoms with Crippen LogP contribution in [0.15, 0.2) is 24.3 Å². The molecule has 0 atom stereocenters. The second kappa shape index (κ2) is 8.67. The zero-order valence-corrected chi connectivity index (χ0v) is 11.9. The molecule has 1 amide bonds. The van der Waals surface area contributed by atoms with E-state index in [0.717, 1.165) is 24.1 Å². The number of hydrogen-bond acceptors (Lipinski definition) is 3. The van der Waals surface area contributed by atoms with Gasteiger partial charge in [-0.3, -0.25) is 4.79 Å². The minimum Gasteiger partial charge on any atom is -0.385 e. The highest BCUT2D eigenvalue weighted by atomic mass is 16.5. The minimum absolute atomic E-state index is 0.135. The van der Waals surface area contributed by atoms with Gasteiger partial charge < -0.3 is 15.4 Å². The Balaban J connectivity index is 2.73. The Bertz CT molecular complexity index is 393. The zero-order valence-electron chi connectivity index (χ0n) is 11.9. The molecule has 0 saturated heterocycles. The highest BCUT2D eigenvalue weighted by Crippen LogP contribution is 2.17. The molecule has 1 aromatic rings. The first kappa shape index (κ1) is 15.7. The van der Waals surface area contributed by atoms with Crippen molar-refractivity contribution in [2.24, 2.45) is 5.73 Å². The topological polar surface area (TPSA) is 55.6 Å². The van der Waals surface area contributed by atoms with Gasteiger partial charge in [0.15, 0.2) is 0 Å². The summed E-state index contributed by atoms with van der Waals surface area (Å²) in [6.45, 7) is 3.91. The van der Waals surface area contributed by atoms with Crippen molar-refractivity contribution in [2.45, 2.75) is 26.2 Å². The van der Waals surface area contributed by atoms with Crippen LogP contribution in [0.1, 0.15) is 24.8 Å². The standard InChI is InChI=1S/C15H24N2O2/c1-13-6-3-7-14(12-13)17(10-5-9-16)15(18)8-4-11-19-2/h3,6-7,12H,4-5,8-11,16H2,1-2H3. The number of benzene rings is 1. The van der Waals surface area contributed by atoms with Gasteiger partial charge in [-0.05, 0) is 44.0 Å². The maximum atomic E-state index is 12.3. The van der Waals surface area contributed by atoms with Crippen molar-refractivity contribution in [1.29, 1.82) is 0 Å². The number of nitrogens with zero attached hydrogens (tertiary/aromatic N) is 1. The van der Waals surface area contributed by atoms with Crippen LogP contribution in [0.25, 0.3) is 0 Å². The van der Waals surface area contributed by atoms with Crippen molar-refractivity contribution in [2.75, 3.05) is 31.7 Å². The summed E-state index contributed by atoms with van der Waals surface area (Å²) in [7, 11) is 1.65. The van der Waals surface area contributed by atoms with Crippen LogP contribution in [0.4, 0.5) is 5.69 Å². The van der Waals surface area contributed by atoms with Crippen LogP contribution >= 0.6 is 0 Å². The number of carbonyl (C=O) groups excluding carboxylic acids is 1. The number of amides is 1. The van der Waals surface area contributed by atoms with Crippen molar-refractivity contribution < 1.29 is 9.53 Å². The minimum atomic E-state index is 0.135. The van der Waals surface area contributed by atoms with Gasteiger partial charge in [0.1, 0.15) is 0 Å². The van der Waals surface area contributed by atoms with Gasteiger partial charge in [0.25, 0.3) is 0 Å². The summed E-state index contributed by atoms with van der Waals surface area (Å²) in [4.78, 5) is 14.1. The molecule has 4 nitrogen and oxygen atoms in total. The average Bonchev–Trinajstić information content (AvgIpc) is 2.39. The van der Waals surface area contributed by atoms with Crippen LogP contribution in [0, 0.1) is 6.92 Å². The van der Waals surface area contributed by atoms with Gasteiger partial charge in [-0.25, -0.2) is 0 Å². The van der Waals surface area contributed by atoms with Crippen LogP contribution in [0.3, 0.4) is 0 Å². The van der Waals surface area contributed by atoms with E-state index in [0.29, 0.717) is 26.1 Å². The normalized spacial score (nSPS) is 10.5. The predicted octanol–water partition coefficient (Wildman–Crippen LogP) is 2.10. The van der Waals surface area contributed by atoms with Crippen LogP contribution in [-0.2, 0) is 9.53 Å². The van der Waals surface area contributed by atoms with Crippen molar-refractivity contribution in [3.8, 4) is 0 Å². The van der Waals surface area contributed by atoms with E-state index in [4.69, 9.17) is 10.5 Å². The molecule has 0 aliphatic carbocycles. The Morgan fingerprint density at radius 1 is 1.37 bits per heavy atom. The first-order valence-electron chi connectivity index (χ1n) is 6.75. The summed E-state index contributed by atoms with van der Waals surface area (Å²) in [5.74, 6) is 0.135. The Kier molecular flexibility index (Phi) is 7.15. The van der Waals surface area contributed by atoms with Crippen LogP contribution < -0.4 is 10.6 Å². The van der Waals surface area contributed by atoms with E-state index >= 15 is 0 Å². The van der Waals surface area contributed by atoms with Crippen LogP contribution in [-0.4, -0.2) is 32.7 Å². The first-order chi connectivity index (χ1) is 9.19. The molecule has 0 aliphatic heterocycles. The first-order valence-corrected chi connectivity index (χ1v) is 6.75. The highest BCUT2D eigenvalue weighted by Gasteiger charge is 2.14. The second-order valence-electron chi connectivity index (χ2n) is 4.62. The number of hydrogen-bond donors (Lipinski definition) is 1. The van der Waals surface area contributed by atoms with E-state index in [1.54, 1.807) is 7.11 Å². The molecule has 0 saturated carbocycles. The lowest BCUT2D eigenvalue weighted by Gasteiger charge is -2.23. The lowest BCUT2D eigenvalue weighted by atomic mass is 10.2. The smallest absolute Gasteiger partial charge is 0.227 e. The molecule has 0 unspecified atom stereocenters. The fourth-order valence-electron chi connectivity index (χ4n) is 1.95. The fraction of sp³-hybridized carbons (Fsp3) is 0.533. The van der Waals surface area contributed by atoms with E-state index in [1.165, 1.54) is 0 Å². The molecule has 4 heteroatoms. The molecule has 106 valence electrons. The summed E-state index contributed by atoms with van der Waals surface area (Å²) < 4.78 is 4.99. The van der Waals surface area contributed by atoms with E-state index in [2.05, 4.69) is 0 Å². The third-order valence-electron chi connectivity index (χ3n) is 2.94. The molecule has 0 fully saturated rings. The van der Waals surface area contributed by atoms with E-state index in [1.807, 2.05) is 36.1 Å². The Labute approximate surface area is 115 Å². The number of ether oxygens (including phenoxy) is 1. The number of nitrogens with two attached hydrogens (primary N) is 1. The molecular formula is C15H24N2O2. The summed E-state index contributed by atoms with van der Waals surface area (Å²) >= 11 is 0. The second-order valence-corrected chi connectivity index (χ2v) is 4.62. The van der Waals surface area contributed by atoms with Gasteiger partial charge >= 0.3 is 0 Å². The van der Waals surface area contributed by atoms with Crippen molar-refractivity contribution >= 4 is 11.6 Å². The molecule has 1 aromatic carbocycles. The fourth-order valence-corrected chi connectivity index (χ4v) is 1.95. The number of rotatable bonds is 8. The lowest BCUT2D eigenvalue weighted by Crippen LogP contribution is -2.33. The van der Waals surface area contributed by atoms with Gasteiger partial charge in [-0.15, -0.1) is 0 Å². The van der Waals surface area contributed by atoms with Crippen molar-refractivity contribution in [1.82, 2.24) is 0 Å². The van der Waals surface area contributed by atoms with E-state index in [9.17, 15) is 4.79 Å². The number of aryl methyl sites for hydroxylation is 1. The number of methoxy groups -OCH3 is 1. The molecule has 0 aromatic heterocycles. The van der Waals surface area contributed by atoms with Crippen molar-refractivity contribution in [3.63, 3.8) is 0 Å². The van der Waals surface area contributed by atoms with Gasteiger partial charge in [-0.2, -0.15) is 0 Å². The Morgan fingerprint density at radius 2 is 2.16 bits per heavy atom. The Morgan fingerprint density at radius 3 is 2.79 bits per heavy atom. The van der Waals surface area contributed by atoms with Gasteiger partial charge in [0, 0.05) is 32.4 Å². The van der Waals surface area contributed by atoms with Gasteiger partial charge in [-0.1, -0.05) is 12.1 Å². The summed E-state index contributed by atoms with van der Waals surface area (Å²) in [5.41, 5.74) is 7.66. The Hall–Kier alpha value is -1.39. The van der Waals surface area contributed by atoms with Crippen molar-refractivity contribution in [3.05, 3.63) is 29.8 Å². The summed E-state index contributed by atoms with van der Waals surface area (Å²) in [6.07, 6.45) is 2.07. The molecule has 0 radical (unpaired) electrons. The monoisotopic (exact) mass is 264 g/mol. The van der Waals surface area contributed by atoms with Crippen LogP contribution in [0.2, 0.25) is 0 Å².